The third kappa shape index (κ3) is 7.11. The smallest absolute Gasteiger partial charge is 0.307 e. The van der Waals surface area contributed by atoms with Gasteiger partial charge in [-0.3, -0.25) is 0 Å². The van der Waals surface area contributed by atoms with Crippen LogP contribution in [-0.2, 0) is 15.8 Å². The summed E-state index contributed by atoms with van der Waals surface area (Å²) in [4.78, 5) is 20.0. The molecule has 0 saturated carbocycles. The largest absolute Gasteiger partial charge is 0.341 e. The van der Waals surface area contributed by atoms with E-state index in [2.05, 4.69) is 55.6 Å². The van der Waals surface area contributed by atoms with Gasteiger partial charge < -0.3 is 14.8 Å². The van der Waals surface area contributed by atoms with Crippen LogP contribution in [0.3, 0.4) is 0 Å². The van der Waals surface area contributed by atoms with Crippen molar-refractivity contribution < 1.29 is 13.8 Å². The number of amides is 2. The van der Waals surface area contributed by atoms with Gasteiger partial charge in [-0.2, -0.15) is 0 Å². The summed E-state index contributed by atoms with van der Waals surface area (Å²) in [6.07, 6.45) is 9.86. The molecule has 0 aromatic heterocycles. The SMILES string of the molecule is C=O.CC1(C)C=CC=C(NS(=O)c2ccc(NC(=O)N(S)S)cc2)C=C1. The third-order valence-corrected chi connectivity index (χ3v) is 4.69. The van der Waals surface area contributed by atoms with Gasteiger partial charge >= 0.3 is 6.03 Å². The van der Waals surface area contributed by atoms with E-state index >= 15 is 0 Å². The van der Waals surface area contributed by atoms with Gasteiger partial charge in [0.25, 0.3) is 0 Å². The Balaban J connectivity index is 0.00000163. The third-order valence-electron chi connectivity index (χ3n) is 3.21. The lowest BCUT2D eigenvalue weighted by Crippen LogP contribution is -2.19. The highest BCUT2D eigenvalue weighted by molar-refractivity contribution is 7.94. The molecule has 0 aliphatic heterocycles. The normalized spacial score (nSPS) is 15.6. The molecule has 9 heteroatoms. The van der Waals surface area contributed by atoms with Crippen LogP contribution in [0.15, 0.2) is 65.2 Å². The van der Waals surface area contributed by atoms with Crippen molar-refractivity contribution in [3.63, 3.8) is 0 Å². The van der Waals surface area contributed by atoms with Crippen molar-refractivity contribution in [2.75, 3.05) is 5.32 Å². The molecule has 1 unspecified atom stereocenters. The van der Waals surface area contributed by atoms with Gasteiger partial charge in [0.05, 0.1) is 4.90 Å². The molecule has 0 fully saturated rings. The number of anilines is 1. The highest BCUT2D eigenvalue weighted by Gasteiger charge is 2.12. The molecule has 0 heterocycles. The van der Waals surface area contributed by atoms with E-state index in [0.29, 0.717) is 10.6 Å². The molecule has 0 radical (unpaired) electrons. The lowest BCUT2D eigenvalue weighted by Gasteiger charge is -2.13. The first-order valence-corrected chi connectivity index (χ1v) is 9.37. The number of hydrogen-bond acceptors (Lipinski definition) is 5. The standard InChI is InChI=1S/C16H19N3O2S3.CH2O/c1-16(2)10-3-4-13(9-11-16)18-24(21)14-7-5-12(6-8-14)17-15(20)19(22)23;1-2/h3-11,18,22-23H,1-2H3,(H,17,20);1H2. The second kappa shape index (κ2) is 10.2. The molecule has 2 amide bonds. The molecule has 2 N–H and O–H groups in total. The van der Waals surface area contributed by atoms with Gasteiger partial charge in [-0.25, -0.2) is 12.7 Å². The van der Waals surface area contributed by atoms with Crippen LogP contribution in [0.1, 0.15) is 13.8 Å². The molecule has 1 aromatic carbocycles. The maximum absolute atomic E-state index is 12.4. The van der Waals surface area contributed by atoms with Crippen molar-refractivity contribution in [3.05, 3.63) is 60.3 Å². The van der Waals surface area contributed by atoms with E-state index in [1.165, 1.54) is 0 Å². The summed E-state index contributed by atoms with van der Waals surface area (Å²) in [5.74, 6) is 0. The molecule has 1 aliphatic carbocycles. The summed E-state index contributed by atoms with van der Waals surface area (Å²) >= 11 is 7.56. The maximum Gasteiger partial charge on any atom is 0.341 e. The van der Waals surface area contributed by atoms with Crippen LogP contribution in [0, 0.1) is 5.41 Å². The minimum Gasteiger partial charge on any atom is -0.307 e. The van der Waals surface area contributed by atoms with Crippen LogP contribution in [0.2, 0.25) is 0 Å². The summed E-state index contributed by atoms with van der Waals surface area (Å²) in [6.45, 7) is 6.19. The van der Waals surface area contributed by atoms with Gasteiger partial charge in [0.15, 0.2) is 0 Å². The molecule has 140 valence electrons. The molecule has 0 saturated heterocycles. The minimum atomic E-state index is -1.40. The van der Waals surface area contributed by atoms with Gasteiger partial charge in [0.1, 0.15) is 17.8 Å². The Labute approximate surface area is 167 Å². The van der Waals surface area contributed by atoms with Gasteiger partial charge in [0.2, 0.25) is 0 Å². The van der Waals surface area contributed by atoms with Gasteiger partial charge in [-0.05, 0) is 36.4 Å². The minimum absolute atomic E-state index is 0.0326. The van der Waals surface area contributed by atoms with E-state index < -0.39 is 17.0 Å². The quantitative estimate of drug-likeness (QED) is 0.571. The topological polar surface area (TPSA) is 78.5 Å². The first-order valence-electron chi connectivity index (χ1n) is 7.42. The van der Waals surface area contributed by atoms with E-state index in [-0.39, 0.29) is 5.41 Å². The van der Waals surface area contributed by atoms with E-state index in [0.717, 1.165) is 9.41 Å². The van der Waals surface area contributed by atoms with Crippen LogP contribution in [0.25, 0.3) is 0 Å². The lowest BCUT2D eigenvalue weighted by atomic mass is 9.93. The Hall–Kier alpha value is -1.97. The Bertz CT molecular complexity index is 741. The van der Waals surface area contributed by atoms with Crippen LogP contribution < -0.4 is 10.0 Å². The van der Waals surface area contributed by atoms with Crippen molar-refractivity contribution in [2.45, 2.75) is 18.7 Å². The molecule has 1 aromatic rings. The van der Waals surface area contributed by atoms with Crippen LogP contribution in [0.4, 0.5) is 10.5 Å². The van der Waals surface area contributed by atoms with Crippen molar-refractivity contribution in [1.82, 2.24) is 8.43 Å². The van der Waals surface area contributed by atoms with Crippen molar-refractivity contribution in [2.24, 2.45) is 5.41 Å². The van der Waals surface area contributed by atoms with E-state index in [1.807, 2.05) is 31.1 Å². The van der Waals surface area contributed by atoms with Gasteiger partial charge in [-0.15, -0.1) is 0 Å². The monoisotopic (exact) mass is 411 g/mol. The highest BCUT2D eigenvalue weighted by Crippen LogP contribution is 2.22. The molecule has 6 nitrogen and oxygen atoms in total. The van der Waals surface area contributed by atoms with Gasteiger partial charge in [0, 0.05) is 16.8 Å². The van der Waals surface area contributed by atoms with Crippen molar-refractivity contribution in [1.29, 1.82) is 0 Å². The van der Waals surface area contributed by atoms with Gasteiger partial charge in [-0.1, -0.05) is 57.7 Å². The molecular formula is C17H21N3O3S3. The average molecular weight is 412 g/mol. The number of hydrogen-bond donors (Lipinski definition) is 4. The number of nitrogens with one attached hydrogen (secondary N) is 2. The number of carbonyl (C=O) groups is 2. The van der Waals surface area contributed by atoms with E-state index in [9.17, 15) is 9.00 Å². The van der Waals surface area contributed by atoms with Crippen LogP contribution in [0.5, 0.6) is 0 Å². The summed E-state index contributed by atoms with van der Waals surface area (Å²) in [5, 5.41) is 2.59. The maximum atomic E-state index is 12.4. The summed E-state index contributed by atoms with van der Waals surface area (Å²) < 4.78 is 16.2. The summed E-state index contributed by atoms with van der Waals surface area (Å²) in [6, 6.07) is 6.22. The molecule has 0 spiro atoms. The lowest BCUT2D eigenvalue weighted by molar-refractivity contribution is -0.0980. The molecule has 2 rings (SSSR count). The molecule has 26 heavy (non-hydrogen) atoms. The second-order valence-electron chi connectivity index (χ2n) is 5.75. The number of allylic oxidation sites excluding steroid dienone is 5. The average Bonchev–Trinajstić information content (AvgIpc) is 2.78. The first-order chi connectivity index (χ1) is 12.3. The Morgan fingerprint density at radius 1 is 1.15 bits per heavy atom. The number of benzene rings is 1. The zero-order valence-electron chi connectivity index (χ0n) is 14.4. The summed E-state index contributed by atoms with van der Waals surface area (Å²) in [7, 11) is -1.40. The number of nitrogens with zero attached hydrogens (tertiary/aromatic N) is 1. The fraction of sp³-hybridized carbons (Fsp3) is 0.176. The van der Waals surface area contributed by atoms with E-state index in [4.69, 9.17) is 4.79 Å². The molecule has 0 bridgehead atoms. The number of thiol groups is 2. The zero-order chi connectivity index (χ0) is 19.7. The number of rotatable bonds is 4. The zero-order valence-corrected chi connectivity index (χ0v) is 17.0. The Morgan fingerprint density at radius 3 is 2.35 bits per heavy atom. The molecule has 1 atom stereocenters. The van der Waals surface area contributed by atoms with Crippen LogP contribution in [-0.4, -0.2) is 20.7 Å². The Morgan fingerprint density at radius 2 is 1.77 bits per heavy atom. The Kier molecular flexibility index (Phi) is 8.70. The number of urea groups is 1. The number of carbonyl (C=O) groups excluding carboxylic acids is 2. The fourth-order valence-electron chi connectivity index (χ4n) is 1.88. The predicted molar refractivity (Wildman–Crippen MR) is 112 cm³/mol. The molecule has 1 aliphatic rings. The predicted octanol–water partition coefficient (Wildman–Crippen LogP) is 3.67. The van der Waals surface area contributed by atoms with Crippen molar-refractivity contribution >= 4 is 55.1 Å². The second-order valence-corrected chi connectivity index (χ2v) is 8.08. The first kappa shape index (κ1) is 22.1. The fourth-order valence-corrected chi connectivity index (χ4v) is 2.84. The summed E-state index contributed by atoms with van der Waals surface area (Å²) in [5.41, 5.74) is 1.30. The van der Waals surface area contributed by atoms with E-state index in [1.54, 1.807) is 24.3 Å². The van der Waals surface area contributed by atoms with Crippen molar-refractivity contribution in [3.8, 4) is 0 Å². The van der Waals surface area contributed by atoms with Crippen LogP contribution >= 0.6 is 25.6 Å². The highest BCUT2D eigenvalue weighted by atomic mass is 32.2. The molecular weight excluding hydrogens is 390 g/mol.